The van der Waals surface area contributed by atoms with Crippen molar-refractivity contribution >= 4 is 23.4 Å². The molecular formula is C23H29N3O3. The molecule has 1 atom stereocenters. The first-order chi connectivity index (χ1) is 13.8. The highest BCUT2D eigenvalue weighted by Crippen LogP contribution is 2.17. The number of carbonyl (C=O) groups excluding carboxylic acids is 3. The second-order valence-electron chi connectivity index (χ2n) is 7.47. The molecule has 2 aromatic carbocycles. The van der Waals surface area contributed by atoms with Gasteiger partial charge in [-0.25, -0.2) is 0 Å². The van der Waals surface area contributed by atoms with Crippen LogP contribution < -0.4 is 16.0 Å². The predicted octanol–water partition coefficient (Wildman–Crippen LogP) is 2.74. The molecule has 2 rings (SSSR count). The van der Waals surface area contributed by atoms with E-state index in [1.165, 1.54) is 0 Å². The van der Waals surface area contributed by atoms with E-state index in [0.29, 0.717) is 0 Å². The number of carbonyl (C=O) groups is 3. The Labute approximate surface area is 172 Å². The summed E-state index contributed by atoms with van der Waals surface area (Å²) in [4.78, 5) is 37.1. The van der Waals surface area contributed by atoms with Crippen molar-refractivity contribution < 1.29 is 14.4 Å². The molecule has 29 heavy (non-hydrogen) atoms. The number of amides is 3. The number of hydrogen-bond acceptors (Lipinski definition) is 3. The maximum atomic E-state index is 12.5. The summed E-state index contributed by atoms with van der Waals surface area (Å²) in [5, 5.41) is 8.20. The lowest BCUT2D eigenvalue weighted by molar-refractivity contribution is -0.130. The van der Waals surface area contributed by atoms with Crippen molar-refractivity contribution in [2.24, 2.45) is 5.92 Å². The van der Waals surface area contributed by atoms with Gasteiger partial charge in [0.25, 0.3) is 0 Å². The average Bonchev–Trinajstić information content (AvgIpc) is 2.68. The monoisotopic (exact) mass is 395 g/mol. The minimum Gasteiger partial charge on any atom is -0.345 e. The normalized spacial score (nSPS) is 11.6. The molecule has 0 saturated carbocycles. The van der Waals surface area contributed by atoms with Gasteiger partial charge in [-0.15, -0.1) is 0 Å². The molecule has 6 heteroatoms. The van der Waals surface area contributed by atoms with Crippen LogP contribution >= 0.6 is 0 Å². The van der Waals surface area contributed by atoms with Crippen molar-refractivity contribution in [3.8, 4) is 0 Å². The van der Waals surface area contributed by atoms with Crippen LogP contribution in [-0.4, -0.2) is 30.3 Å². The zero-order valence-electron chi connectivity index (χ0n) is 17.4. The number of hydrogen-bond donors (Lipinski definition) is 3. The summed E-state index contributed by atoms with van der Waals surface area (Å²) in [6, 6.07) is 14.3. The maximum Gasteiger partial charge on any atom is 0.243 e. The summed E-state index contributed by atoms with van der Waals surface area (Å²) in [6.07, 6.45) is 0.199. The highest BCUT2D eigenvalue weighted by molar-refractivity contribution is 5.96. The van der Waals surface area contributed by atoms with E-state index in [1.54, 1.807) is 0 Å². The van der Waals surface area contributed by atoms with Crippen LogP contribution in [-0.2, 0) is 20.8 Å². The highest BCUT2D eigenvalue weighted by atomic mass is 16.2. The first-order valence-electron chi connectivity index (χ1n) is 9.75. The van der Waals surface area contributed by atoms with Crippen molar-refractivity contribution in [3.63, 3.8) is 0 Å². The lowest BCUT2D eigenvalue weighted by Gasteiger charge is -2.21. The summed E-state index contributed by atoms with van der Waals surface area (Å²) in [7, 11) is 0. The van der Waals surface area contributed by atoms with Crippen molar-refractivity contribution in [3.05, 3.63) is 65.2 Å². The molecular weight excluding hydrogens is 366 g/mol. The number of aryl methyl sites for hydroxylation is 1. The highest BCUT2D eigenvalue weighted by Gasteiger charge is 2.24. The number of nitrogens with one attached hydrogen (secondary N) is 3. The fraction of sp³-hybridized carbons (Fsp3) is 0.348. The van der Waals surface area contributed by atoms with Gasteiger partial charge in [0, 0.05) is 5.69 Å². The Hall–Kier alpha value is -3.15. The molecule has 0 aliphatic heterocycles. The Morgan fingerprint density at radius 2 is 1.59 bits per heavy atom. The number of rotatable bonds is 8. The van der Waals surface area contributed by atoms with Crippen LogP contribution in [0.15, 0.2) is 48.5 Å². The van der Waals surface area contributed by atoms with E-state index in [9.17, 15) is 14.4 Å². The van der Waals surface area contributed by atoms with Crippen LogP contribution in [0.1, 0.15) is 30.5 Å². The predicted molar refractivity (Wildman–Crippen MR) is 114 cm³/mol. The van der Waals surface area contributed by atoms with Gasteiger partial charge >= 0.3 is 0 Å². The number of anilines is 1. The Bertz CT molecular complexity index is 863. The van der Waals surface area contributed by atoms with Crippen molar-refractivity contribution in [1.82, 2.24) is 10.6 Å². The van der Waals surface area contributed by atoms with Gasteiger partial charge in [-0.1, -0.05) is 56.3 Å². The third-order valence-corrected chi connectivity index (χ3v) is 4.78. The van der Waals surface area contributed by atoms with Gasteiger partial charge in [0.1, 0.15) is 6.04 Å². The molecule has 0 unspecified atom stereocenters. The second-order valence-corrected chi connectivity index (χ2v) is 7.47. The minimum absolute atomic E-state index is 0.114. The van der Waals surface area contributed by atoms with Gasteiger partial charge < -0.3 is 16.0 Å². The molecule has 0 heterocycles. The van der Waals surface area contributed by atoms with E-state index >= 15 is 0 Å². The molecule has 0 bridgehead atoms. The molecule has 2 aromatic rings. The largest absolute Gasteiger partial charge is 0.345 e. The Balaban J connectivity index is 1.89. The van der Waals surface area contributed by atoms with Gasteiger partial charge in [-0.2, -0.15) is 0 Å². The standard InChI is InChI=1S/C23H29N3O3/c1-15(2)22(26-20(27)13-18-10-6-5-7-11-18)23(29)24-14-21(28)25-19-12-8-9-16(3)17(19)4/h5-12,15,22H,13-14H2,1-4H3,(H,24,29)(H,25,28)(H,26,27)/t22-/m1/s1. The minimum atomic E-state index is -0.709. The Kier molecular flexibility index (Phi) is 7.95. The first-order valence-corrected chi connectivity index (χ1v) is 9.75. The molecule has 0 spiro atoms. The third kappa shape index (κ3) is 6.75. The fourth-order valence-electron chi connectivity index (χ4n) is 2.90. The molecule has 3 N–H and O–H groups in total. The van der Waals surface area contributed by atoms with E-state index in [4.69, 9.17) is 0 Å². The molecule has 0 radical (unpaired) electrons. The lowest BCUT2D eigenvalue weighted by Crippen LogP contribution is -2.51. The van der Waals surface area contributed by atoms with E-state index < -0.39 is 6.04 Å². The van der Waals surface area contributed by atoms with Crippen LogP contribution in [0.2, 0.25) is 0 Å². The molecule has 154 valence electrons. The van der Waals surface area contributed by atoms with E-state index in [0.717, 1.165) is 22.4 Å². The Morgan fingerprint density at radius 3 is 2.24 bits per heavy atom. The third-order valence-electron chi connectivity index (χ3n) is 4.78. The van der Waals surface area contributed by atoms with Crippen molar-refractivity contribution in [2.45, 2.75) is 40.2 Å². The van der Waals surface area contributed by atoms with Crippen molar-refractivity contribution in [1.29, 1.82) is 0 Å². The molecule has 0 saturated heterocycles. The van der Waals surface area contributed by atoms with Crippen LogP contribution in [0.25, 0.3) is 0 Å². The summed E-state index contributed by atoms with van der Waals surface area (Å²) in [6.45, 7) is 7.44. The lowest BCUT2D eigenvalue weighted by atomic mass is 10.0. The van der Waals surface area contributed by atoms with Gasteiger partial charge in [-0.05, 0) is 42.5 Å². The van der Waals surface area contributed by atoms with Gasteiger partial charge in [-0.3, -0.25) is 14.4 Å². The molecule has 0 aliphatic carbocycles. The SMILES string of the molecule is Cc1cccc(NC(=O)CNC(=O)[C@H](NC(=O)Cc2ccccc2)C(C)C)c1C. The van der Waals surface area contributed by atoms with Gasteiger partial charge in [0.15, 0.2) is 0 Å². The average molecular weight is 396 g/mol. The summed E-state index contributed by atoms with van der Waals surface area (Å²) >= 11 is 0. The topological polar surface area (TPSA) is 87.3 Å². The Morgan fingerprint density at radius 1 is 0.897 bits per heavy atom. The van der Waals surface area contributed by atoms with E-state index in [1.807, 2.05) is 76.2 Å². The maximum absolute atomic E-state index is 12.5. The van der Waals surface area contributed by atoms with E-state index in [2.05, 4.69) is 16.0 Å². The smallest absolute Gasteiger partial charge is 0.243 e. The van der Waals surface area contributed by atoms with Crippen LogP contribution in [0.4, 0.5) is 5.69 Å². The van der Waals surface area contributed by atoms with Crippen LogP contribution in [0.5, 0.6) is 0 Å². The summed E-state index contributed by atoms with van der Waals surface area (Å²) in [5.41, 5.74) is 3.66. The number of benzene rings is 2. The molecule has 3 amide bonds. The first kappa shape index (κ1) is 22.1. The van der Waals surface area contributed by atoms with Crippen LogP contribution in [0.3, 0.4) is 0 Å². The van der Waals surface area contributed by atoms with Gasteiger partial charge in [0.05, 0.1) is 13.0 Å². The molecule has 6 nitrogen and oxygen atoms in total. The van der Waals surface area contributed by atoms with Crippen molar-refractivity contribution in [2.75, 3.05) is 11.9 Å². The summed E-state index contributed by atoms with van der Waals surface area (Å²) in [5.74, 6) is -1.04. The molecule has 0 aromatic heterocycles. The zero-order valence-corrected chi connectivity index (χ0v) is 17.4. The molecule has 0 fully saturated rings. The quantitative estimate of drug-likeness (QED) is 0.642. The summed E-state index contributed by atoms with van der Waals surface area (Å²) < 4.78 is 0. The van der Waals surface area contributed by atoms with Gasteiger partial charge in [0.2, 0.25) is 17.7 Å². The second kappa shape index (κ2) is 10.4. The van der Waals surface area contributed by atoms with Crippen LogP contribution in [0, 0.1) is 19.8 Å². The van der Waals surface area contributed by atoms with E-state index in [-0.39, 0.29) is 36.6 Å². The zero-order chi connectivity index (χ0) is 21.4. The molecule has 0 aliphatic rings. The fourth-order valence-corrected chi connectivity index (χ4v) is 2.90.